The zero-order valence-corrected chi connectivity index (χ0v) is 15.8. The molecular formula is C20H34N4O2. The van der Waals surface area contributed by atoms with Crippen LogP contribution in [0.3, 0.4) is 0 Å². The van der Waals surface area contributed by atoms with Gasteiger partial charge >= 0.3 is 0 Å². The molecule has 2 saturated heterocycles. The summed E-state index contributed by atoms with van der Waals surface area (Å²) in [5.74, 6) is 2.31. The molecule has 26 heavy (non-hydrogen) atoms. The van der Waals surface area contributed by atoms with E-state index in [4.69, 9.17) is 0 Å². The summed E-state index contributed by atoms with van der Waals surface area (Å²) in [7, 11) is 0. The molecule has 146 valence electrons. The number of hydrogen-bond donors (Lipinski definition) is 3. The van der Waals surface area contributed by atoms with Crippen molar-refractivity contribution < 1.29 is 9.59 Å². The van der Waals surface area contributed by atoms with Gasteiger partial charge in [-0.25, -0.2) is 0 Å². The maximum absolute atomic E-state index is 12.5. The molecule has 3 N–H and O–H groups in total. The summed E-state index contributed by atoms with van der Waals surface area (Å²) in [6.07, 6.45) is 9.48. The molecule has 4 aliphatic rings. The van der Waals surface area contributed by atoms with Crippen molar-refractivity contribution in [1.29, 1.82) is 0 Å². The third-order valence-corrected chi connectivity index (χ3v) is 6.50. The van der Waals surface area contributed by atoms with Gasteiger partial charge in [-0.1, -0.05) is 0 Å². The number of amides is 2. The number of piperidine rings is 1. The minimum atomic E-state index is 0.00209. The summed E-state index contributed by atoms with van der Waals surface area (Å²) >= 11 is 0. The number of carbonyl (C=O) groups excluding carboxylic acids is 2. The van der Waals surface area contributed by atoms with Crippen LogP contribution in [-0.2, 0) is 9.59 Å². The Morgan fingerprint density at radius 3 is 2.46 bits per heavy atom. The van der Waals surface area contributed by atoms with Crippen LogP contribution < -0.4 is 16.0 Å². The zero-order chi connectivity index (χ0) is 17.9. The van der Waals surface area contributed by atoms with E-state index in [-0.39, 0.29) is 17.9 Å². The molecular weight excluding hydrogens is 328 g/mol. The van der Waals surface area contributed by atoms with Crippen molar-refractivity contribution in [3.8, 4) is 0 Å². The second-order valence-electron chi connectivity index (χ2n) is 8.91. The molecule has 6 heteroatoms. The van der Waals surface area contributed by atoms with Crippen molar-refractivity contribution in [3.05, 3.63) is 0 Å². The molecule has 4 rings (SSSR count). The SMILES string of the molecule is O=C(CN1CCCC(CNC(=O)C2CCCN2)C1)NC(C1CC1)C1CC1. The van der Waals surface area contributed by atoms with Crippen LogP contribution in [0.4, 0.5) is 0 Å². The van der Waals surface area contributed by atoms with Crippen LogP contribution in [-0.4, -0.2) is 61.5 Å². The molecule has 2 aliphatic carbocycles. The largest absolute Gasteiger partial charge is 0.354 e. The third kappa shape index (κ3) is 4.97. The standard InChI is InChI=1S/C20H34N4O2/c25-18(23-19(15-5-6-15)16-7-8-16)13-24-10-2-3-14(12-24)11-22-20(26)17-4-1-9-21-17/h14-17,19,21H,1-13H2,(H,22,26)(H,23,25). The number of nitrogens with one attached hydrogen (secondary N) is 3. The van der Waals surface area contributed by atoms with Gasteiger partial charge in [0.1, 0.15) is 0 Å². The first kappa shape index (κ1) is 18.2. The van der Waals surface area contributed by atoms with Gasteiger partial charge in [-0.05, 0) is 82.2 Å². The molecule has 0 aromatic rings. The van der Waals surface area contributed by atoms with Gasteiger partial charge in [0.15, 0.2) is 0 Å². The van der Waals surface area contributed by atoms with Crippen LogP contribution in [0.25, 0.3) is 0 Å². The van der Waals surface area contributed by atoms with Crippen molar-refractivity contribution in [1.82, 2.24) is 20.9 Å². The molecule has 6 nitrogen and oxygen atoms in total. The van der Waals surface area contributed by atoms with Crippen molar-refractivity contribution in [3.63, 3.8) is 0 Å². The Labute approximate surface area is 156 Å². The Hall–Kier alpha value is -1.14. The molecule has 0 radical (unpaired) electrons. The number of nitrogens with zero attached hydrogens (tertiary/aromatic N) is 1. The molecule has 2 heterocycles. The second-order valence-corrected chi connectivity index (χ2v) is 8.91. The van der Waals surface area contributed by atoms with Crippen molar-refractivity contribution in [2.75, 3.05) is 32.7 Å². The quantitative estimate of drug-likeness (QED) is 0.599. The molecule has 2 unspecified atom stereocenters. The predicted octanol–water partition coefficient (Wildman–Crippen LogP) is 0.871. The molecule has 2 aliphatic heterocycles. The molecule has 2 amide bonds. The third-order valence-electron chi connectivity index (χ3n) is 6.50. The molecule has 2 saturated carbocycles. The van der Waals surface area contributed by atoms with E-state index in [1.54, 1.807) is 0 Å². The number of likely N-dealkylation sites (tertiary alicyclic amines) is 1. The monoisotopic (exact) mass is 362 g/mol. The zero-order valence-electron chi connectivity index (χ0n) is 15.8. The van der Waals surface area contributed by atoms with E-state index in [1.165, 1.54) is 25.7 Å². The number of hydrogen-bond acceptors (Lipinski definition) is 4. The van der Waals surface area contributed by atoms with E-state index in [2.05, 4.69) is 20.9 Å². The minimum Gasteiger partial charge on any atom is -0.354 e. The van der Waals surface area contributed by atoms with Crippen LogP contribution >= 0.6 is 0 Å². The van der Waals surface area contributed by atoms with Crippen LogP contribution in [0.1, 0.15) is 51.4 Å². The Morgan fingerprint density at radius 2 is 1.81 bits per heavy atom. The Morgan fingerprint density at radius 1 is 1.04 bits per heavy atom. The van der Waals surface area contributed by atoms with Gasteiger partial charge in [-0.2, -0.15) is 0 Å². The predicted molar refractivity (Wildman–Crippen MR) is 101 cm³/mol. The van der Waals surface area contributed by atoms with Gasteiger partial charge in [0.25, 0.3) is 0 Å². The highest BCUT2D eigenvalue weighted by Gasteiger charge is 2.42. The van der Waals surface area contributed by atoms with Crippen LogP contribution in [0, 0.1) is 17.8 Å². The molecule has 0 aromatic carbocycles. The van der Waals surface area contributed by atoms with Gasteiger partial charge in [-0.15, -0.1) is 0 Å². The van der Waals surface area contributed by atoms with Gasteiger partial charge in [0.05, 0.1) is 12.6 Å². The maximum atomic E-state index is 12.5. The number of rotatable bonds is 8. The van der Waals surface area contributed by atoms with Crippen molar-refractivity contribution in [2.24, 2.45) is 17.8 Å². The lowest BCUT2D eigenvalue weighted by molar-refractivity contribution is -0.125. The fraction of sp³-hybridized carbons (Fsp3) is 0.900. The van der Waals surface area contributed by atoms with Crippen LogP contribution in [0.15, 0.2) is 0 Å². The highest BCUT2D eigenvalue weighted by atomic mass is 16.2. The van der Waals surface area contributed by atoms with Gasteiger partial charge in [0.2, 0.25) is 11.8 Å². The van der Waals surface area contributed by atoms with Crippen molar-refractivity contribution >= 4 is 11.8 Å². The van der Waals surface area contributed by atoms with E-state index in [9.17, 15) is 9.59 Å². The Kier molecular flexibility index (Phi) is 5.79. The van der Waals surface area contributed by atoms with E-state index >= 15 is 0 Å². The fourth-order valence-electron chi connectivity index (χ4n) is 4.70. The average molecular weight is 363 g/mol. The molecule has 4 fully saturated rings. The van der Waals surface area contributed by atoms with E-state index in [0.29, 0.717) is 18.5 Å². The summed E-state index contributed by atoms with van der Waals surface area (Å²) in [6.45, 7) is 4.13. The Bertz CT molecular complexity index is 500. The fourth-order valence-corrected chi connectivity index (χ4v) is 4.70. The minimum absolute atomic E-state index is 0.00209. The first-order valence-electron chi connectivity index (χ1n) is 10.7. The summed E-state index contributed by atoms with van der Waals surface area (Å²) in [5, 5.41) is 9.70. The van der Waals surface area contributed by atoms with Crippen LogP contribution in [0.5, 0.6) is 0 Å². The highest BCUT2D eigenvalue weighted by molar-refractivity contribution is 5.82. The number of carbonyl (C=O) groups is 2. The first-order chi connectivity index (χ1) is 12.7. The molecule has 0 bridgehead atoms. The van der Waals surface area contributed by atoms with Gasteiger partial charge in [0, 0.05) is 19.1 Å². The van der Waals surface area contributed by atoms with Gasteiger partial charge in [-0.3, -0.25) is 14.5 Å². The highest BCUT2D eigenvalue weighted by Crippen LogP contribution is 2.44. The summed E-state index contributed by atoms with van der Waals surface area (Å²) in [6, 6.07) is 0.448. The first-order valence-corrected chi connectivity index (χ1v) is 10.7. The lowest BCUT2D eigenvalue weighted by atomic mass is 9.97. The topological polar surface area (TPSA) is 73.5 Å². The van der Waals surface area contributed by atoms with Gasteiger partial charge < -0.3 is 16.0 Å². The lowest BCUT2D eigenvalue weighted by Gasteiger charge is -2.33. The van der Waals surface area contributed by atoms with Crippen molar-refractivity contribution in [2.45, 2.75) is 63.5 Å². The molecule has 0 aromatic heterocycles. The Balaban J connectivity index is 1.18. The average Bonchev–Trinajstić information content (AvgIpc) is 3.57. The smallest absolute Gasteiger partial charge is 0.237 e. The van der Waals surface area contributed by atoms with E-state index in [1.807, 2.05) is 0 Å². The normalized spacial score (nSPS) is 29.7. The summed E-state index contributed by atoms with van der Waals surface area (Å²) in [4.78, 5) is 26.9. The summed E-state index contributed by atoms with van der Waals surface area (Å²) in [5.41, 5.74) is 0. The second kappa shape index (κ2) is 8.26. The van der Waals surface area contributed by atoms with E-state index in [0.717, 1.165) is 63.7 Å². The lowest BCUT2D eigenvalue weighted by Crippen LogP contribution is -2.49. The molecule has 2 atom stereocenters. The maximum Gasteiger partial charge on any atom is 0.237 e. The molecule has 0 spiro atoms. The summed E-state index contributed by atoms with van der Waals surface area (Å²) < 4.78 is 0. The van der Waals surface area contributed by atoms with Crippen LogP contribution in [0.2, 0.25) is 0 Å². The van der Waals surface area contributed by atoms with E-state index < -0.39 is 0 Å².